The van der Waals surface area contributed by atoms with Gasteiger partial charge in [-0.05, 0) is 52.6 Å². The standard InChI is InChI=1S/C26H25NO/c1-20(24-14-13-23-9-5-6-10-25(23)17-24)27-18-21-11-15-26(16-12-21)28-19-22-7-3-2-4-8-22/h2-17,20,27H,18-19H2,1H3. The van der Waals surface area contributed by atoms with Gasteiger partial charge in [-0.15, -0.1) is 0 Å². The van der Waals surface area contributed by atoms with Gasteiger partial charge >= 0.3 is 0 Å². The van der Waals surface area contributed by atoms with Crippen LogP contribution in [0.25, 0.3) is 10.8 Å². The van der Waals surface area contributed by atoms with Crippen LogP contribution < -0.4 is 10.1 Å². The highest BCUT2D eigenvalue weighted by Gasteiger charge is 2.06. The lowest BCUT2D eigenvalue weighted by Crippen LogP contribution is -2.18. The monoisotopic (exact) mass is 367 g/mol. The Labute approximate surface area is 166 Å². The maximum atomic E-state index is 5.86. The van der Waals surface area contributed by atoms with Crippen LogP contribution in [0.15, 0.2) is 97.1 Å². The lowest BCUT2D eigenvalue weighted by molar-refractivity contribution is 0.306. The molecule has 0 aliphatic heterocycles. The molecule has 0 amide bonds. The van der Waals surface area contributed by atoms with Crippen LogP contribution in [0.4, 0.5) is 0 Å². The van der Waals surface area contributed by atoms with Gasteiger partial charge in [0, 0.05) is 12.6 Å². The summed E-state index contributed by atoms with van der Waals surface area (Å²) in [6.45, 7) is 3.63. The second-order valence-electron chi connectivity index (χ2n) is 7.13. The fourth-order valence-electron chi connectivity index (χ4n) is 3.31. The summed E-state index contributed by atoms with van der Waals surface area (Å²) in [5, 5.41) is 6.18. The molecule has 0 aromatic heterocycles. The molecule has 1 unspecified atom stereocenters. The van der Waals surface area contributed by atoms with Gasteiger partial charge in [0.2, 0.25) is 0 Å². The summed E-state index contributed by atoms with van der Waals surface area (Å²) in [6, 6.07) is 34.0. The second kappa shape index (κ2) is 8.73. The Balaban J connectivity index is 1.32. The van der Waals surface area contributed by atoms with Gasteiger partial charge in [0.1, 0.15) is 12.4 Å². The smallest absolute Gasteiger partial charge is 0.119 e. The van der Waals surface area contributed by atoms with Crippen LogP contribution in [0, 0.1) is 0 Å². The first-order chi connectivity index (χ1) is 13.8. The minimum absolute atomic E-state index is 0.290. The zero-order chi connectivity index (χ0) is 19.2. The molecule has 0 aliphatic carbocycles. The largest absolute Gasteiger partial charge is 0.489 e. The van der Waals surface area contributed by atoms with Crippen LogP contribution in [0.1, 0.15) is 29.7 Å². The van der Waals surface area contributed by atoms with Gasteiger partial charge in [0.15, 0.2) is 0 Å². The Morgan fingerprint density at radius 2 is 1.43 bits per heavy atom. The number of ether oxygens (including phenoxy) is 1. The number of hydrogen-bond donors (Lipinski definition) is 1. The Morgan fingerprint density at radius 3 is 2.21 bits per heavy atom. The fraction of sp³-hybridized carbons (Fsp3) is 0.154. The van der Waals surface area contributed by atoms with Crippen molar-refractivity contribution in [1.29, 1.82) is 0 Å². The molecule has 0 bridgehead atoms. The maximum Gasteiger partial charge on any atom is 0.119 e. The van der Waals surface area contributed by atoms with E-state index in [1.807, 2.05) is 30.3 Å². The van der Waals surface area contributed by atoms with Gasteiger partial charge in [0.25, 0.3) is 0 Å². The molecule has 2 nitrogen and oxygen atoms in total. The van der Waals surface area contributed by atoms with Crippen LogP contribution in [0.5, 0.6) is 5.75 Å². The van der Waals surface area contributed by atoms with E-state index in [4.69, 9.17) is 4.74 Å². The van der Waals surface area contributed by atoms with Crippen molar-refractivity contribution >= 4 is 10.8 Å². The molecule has 0 spiro atoms. The molecule has 4 aromatic rings. The third-order valence-electron chi connectivity index (χ3n) is 5.06. The molecule has 0 fully saturated rings. The highest BCUT2D eigenvalue weighted by atomic mass is 16.5. The normalized spacial score (nSPS) is 12.0. The van der Waals surface area contributed by atoms with Crippen molar-refractivity contribution in [2.24, 2.45) is 0 Å². The van der Waals surface area contributed by atoms with Crippen molar-refractivity contribution in [3.63, 3.8) is 0 Å². The Kier molecular flexibility index (Phi) is 5.69. The minimum Gasteiger partial charge on any atom is -0.489 e. The van der Waals surface area contributed by atoms with Crippen molar-refractivity contribution in [2.75, 3.05) is 0 Å². The predicted octanol–water partition coefficient (Wildman–Crippen LogP) is 6.27. The summed E-state index contributed by atoms with van der Waals surface area (Å²) in [4.78, 5) is 0. The van der Waals surface area contributed by atoms with E-state index in [2.05, 4.69) is 79.0 Å². The van der Waals surface area contributed by atoms with Gasteiger partial charge in [-0.2, -0.15) is 0 Å². The number of rotatable bonds is 7. The molecule has 140 valence electrons. The van der Waals surface area contributed by atoms with E-state index >= 15 is 0 Å². The SMILES string of the molecule is CC(NCc1ccc(OCc2ccccc2)cc1)c1ccc2ccccc2c1. The predicted molar refractivity (Wildman–Crippen MR) is 116 cm³/mol. The zero-order valence-electron chi connectivity index (χ0n) is 16.1. The zero-order valence-corrected chi connectivity index (χ0v) is 16.1. The van der Waals surface area contributed by atoms with E-state index in [9.17, 15) is 0 Å². The lowest BCUT2D eigenvalue weighted by Gasteiger charge is -2.15. The van der Waals surface area contributed by atoms with Gasteiger partial charge < -0.3 is 10.1 Å². The number of benzene rings is 4. The Bertz CT molecular complexity index is 1020. The molecule has 1 atom stereocenters. The fourth-order valence-corrected chi connectivity index (χ4v) is 3.31. The van der Waals surface area contributed by atoms with Crippen LogP contribution in [0.3, 0.4) is 0 Å². The van der Waals surface area contributed by atoms with Crippen LogP contribution >= 0.6 is 0 Å². The Hall–Kier alpha value is -3.10. The van der Waals surface area contributed by atoms with Crippen LogP contribution in [-0.4, -0.2) is 0 Å². The first kappa shape index (κ1) is 18.3. The molecule has 1 N–H and O–H groups in total. The van der Waals surface area contributed by atoms with Crippen LogP contribution in [0.2, 0.25) is 0 Å². The van der Waals surface area contributed by atoms with E-state index < -0.39 is 0 Å². The minimum atomic E-state index is 0.290. The molecule has 0 radical (unpaired) electrons. The van der Waals surface area contributed by atoms with E-state index in [0.29, 0.717) is 12.6 Å². The van der Waals surface area contributed by atoms with E-state index in [0.717, 1.165) is 12.3 Å². The third kappa shape index (κ3) is 4.59. The first-order valence-electron chi connectivity index (χ1n) is 9.76. The summed E-state index contributed by atoms with van der Waals surface area (Å²) >= 11 is 0. The molecule has 0 saturated heterocycles. The molecule has 0 aliphatic rings. The highest BCUT2D eigenvalue weighted by molar-refractivity contribution is 5.83. The average molecular weight is 367 g/mol. The first-order valence-corrected chi connectivity index (χ1v) is 9.76. The van der Waals surface area contributed by atoms with Crippen molar-refractivity contribution < 1.29 is 4.74 Å². The molecular formula is C26H25NO. The Morgan fingerprint density at radius 1 is 0.714 bits per heavy atom. The quantitative estimate of drug-likeness (QED) is 0.416. The summed E-state index contributed by atoms with van der Waals surface area (Å²) in [5.74, 6) is 0.898. The molecule has 2 heteroatoms. The third-order valence-corrected chi connectivity index (χ3v) is 5.06. The van der Waals surface area contributed by atoms with Crippen LogP contribution in [-0.2, 0) is 13.2 Å². The van der Waals surface area contributed by atoms with Crippen molar-refractivity contribution in [1.82, 2.24) is 5.32 Å². The molecular weight excluding hydrogens is 342 g/mol. The van der Waals surface area contributed by atoms with Gasteiger partial charge in [-0.1, -0.05) is 78.9 Å². The van der Waals surface area contributed by atoms with Gasteiger partial charge in [-0.3, -0.25) is 0 Å². The summed E-state index contributed by atoms with van der Waals surface area (Å²) in [7, 11) is 0. The maximum absolute atomic E-state index is 5.86. The van der Waals surface area contributed by atoms with Gasteiger partial charge in [-0.25, -0.2) is 0 Å². The molecule has 0 saturated carbocycles. The topological polar surface area (TPSA) is 21.3 Å². The van der Waals surface area contributed by atoms with Crippen molar-refractivity contribution in [3.05, 3.63) is 114 Å². The van der Waals surface area contributed by atoms with E-state index in [1.165, 1.54) is 27.5 Å². The van der Waals surface area contributed by atoms with Crippen molar-refractivity contribution in [2.45, 2.75) is 26.1 Å². The number of hydrogen-bond acceptors (Lipinski definition) is 2. The second-order valence-corrected chi connectivity index (χ2v) is 7.13. The average Bonchev–Trinajstić information content (AvgIpc) is 2.77. The van der Waals surface area contributed by atoms with Gasteiger partial charge in [0.05, 0.1) is 0 Å². The van der Waals surface area contributed by atoms with E-state index in [-0.39, 0.29) is 0 Å². The highest BCUT2D eigenvalue weighted by Crippen LogP contribution is 2.21. The molecule has 4 rings (SSSR count). The summed E-state index contributed by atoms with van der Waals surface area (Å²) in [5.41, 5.74) is 3.73. The van der Waals surface area contributed by atoms with Crippen molar-refractivity contribution in [3.8, 4) is 5.75 Å². The molecule has 28 heavy (non-hydrogen) atoms. The summed E-state index contributed by atoms with van der Waals surface area (Å²) < 4.78 is 5.86. The van der Waals surface area contributed by atoms with E-state index in [1.54, 1.807) is 0 Å². The molecule has 0 heterocycles. The number of fused-ring (bicyclic) bond motifs is 1. The summed E-state index contributed by atoms with van der Waals surface area (Å²) in [6.07, 6.45) is 0. The lowest BCUT2D eigenvalue weighted by atomic mass is 10.0. The molecule has 4 aromatic carbocycles. The number of nitrogens with one attached hydrogen (secondary N) is 1.